The summed E-state index contributed by atoms with van der Waals surface area (Å²) in [7, 11) is 1.64. The van der Waals surface area contributed by atoms with Crippen molar-refractivity contribution in [3.05, 3.63) is 113 Å². The van der Waals surface area contributed by atoms with Crippen molar-refractivity contribution in [2.45, 2.75) is 26.9 Å². The minimum atomic E-state index is -4.36. The highest BCUT2D eigenvalue weighted by Crippen LogP contribution is 2.34. The number of benzene rings is 4. The van der Waals surface area contributed by atoms with Crippen molar-refractivity contribution >= 4 is 0 Å². The first-order valence-electron chi connectivity index (χ1n) is 10.9. The number of rotatable bonds is 5. The quantitative estimate of drug-likeness (QED) is 0.285. The maximum atomic E-state index is 12.7. The van der Waals surface area contributed by atoms with E-state index in [1.165, 1.54) is 5.56 Å². The Morgan fingerprint density at radius 2 is 1.03 bits per heavy atom. The normalized spacial score (nSPS) is 10.7. The molecule has 0 aliphatic rings. The van der Waals surface area contributed by atoms with E-state index in [0.717, 1.165) is 34.9 Å². The fourth-order valence-electron chi connectivity index (χ4n) is 3.12. The summed E-state index contributed by atoms with van der Waals surface area (Å²) in [6.07, 6.45) is -4.36. The molecule has 3 nitrogen and oxygen atoms in total. The summed E-state index contributed by atoms with van der Waals surface area (Å²) in [6.45, 7) is 5.59. The second-order valence-corrected chi connectivity index (χ2v) is 8.04. The molecule has 35 heavy (non-hydrogen) atoms. The Kier molecular flexibility index (Phi) is 8.42. The molecule has 4 aromatic rings. The molecule has 0 bridgehead atoms. The van der Waals surface area contributed by atoms with E-state index in [2.05, 4.69) is 6.92 Å². The Bertz CT molecular complexity index is 1230. The summed E-state index contributed by atoms with van der Waals surface area (Å²) in [5, 5.41) is 0. The monoisotopic (exact) mass is 480 g/mol. The van der Waals surface area contributed by atoms with Gasteiger partial charge in [0, 0.05) is 6.07 Å². The van der Waals surface area contributed by atoms with Crippen LogP contribution < -0.4 is 14.2 Å². The SMILES string of the molecule is COc1cccc(Oc2ccc(C)cc2)c1.Cc1ccc(Oc2cc(C)cc(C(F)(F)F)c2)cc1. The van der Waals surface area contributed by atoms with Crippen LogP contribution in [0.15, 0.2) is 91.0 Å². The smallest absolute Gasteiger partial charge is 0.416 e. The third-order valence-electron chi connectivity index (χ3n) is 4.93. The summed E-state index contributed by atoms with van der Waals surface area (Å²) >= 11 is 0. The largest absolute Gasteiger partial charge is 0.497 e. The van der Waals surface area contributed by atoms with Gasteiger partial charge in [-0.2, -0.15) is 13.2 Å². The number of halogens is 3. The molecule has 0 saturated carbocycles. The van der Waals surface area contributed by atoms with Gasteiger partial charge in [0.05, 0.1) is 12.7 Å². The molecule has 0 saturated heterocycles. The molecule has 0 spiro atoms. The average molecular weight is 481 g/mol. The lowest BCUT2D eigenvalue weighted by atomic mass is 10.1. The van der Waals surface area contributed by atoms with Crippen LogP contribution in [0.4, 0.5) is 13.2 Å². The van der Waals surface area contributed by atoms with E-state index in [4.69, 9.17) is 14.2 Å². The van der Waals surface area contributed by atoms with Crippen molar-refractivity contribution in [1.82, 2.24) is 0 Å². The summed E-state index contributed by atoms with van der Waals surface area (Å²) < 4.78 is 54.3. The van der Waals surface area contributed by atoms with Crippen molar-refractivity contribution in [3.8, 4) is 28.7 Å². The van der Waals surface area contributed by atoms with Gasteiger partial charge in [-0.05, 0) is 80.9 Å². The molecule has 6 heteroatoms. The van der Waals surface area contributed by atoms with Crippen LogP contribution >= 0.6 is 0 Å². The lowest BCUT2D eigenvalue weighted by Gasteiger charge is -2.11. The molecular weight excluding hydrogens is 453 g/mol. The number of hydrogen-bond acceptors (Lipinski definition) is 3. The van der Waals surface area contributed by atoms with Gasteiger partial charge in [-0.1, -0.05) is 41.5 Å². The van der Waals surface area contributed by atoms with Gasteiger partial charge < -0.3 is 14.2 Å². The molecule has 0 fully saturated rings. The van der Waals surface area contributed by atoms with Gasteiger partial charge in [0.15, 0.2) is 0 Å². The lowest BCUT2D eigenvalue weighted by molar-refractivity contribution is -0.137. The van der Waals surface area contributed by atoms with Gasteiger partial charge in [0.25, 0.3) is 0 Å². The highest BCUT2D eigenvalue weighted by atomic mass is 19.4. The average Bonchev–Trinajstić information content (AvgIpc) is 2.82. The summed E-state index contributed by atoms with van der Waals surface area (Å²) in [5.41, 5.74) is 2.09. The summed E-state index contributed by atoms with van der Waals surface area (Å²) in [4.78, 5) is 0. The Labute approximate surface area is 203 Å². The third kappa shape index (κ3) is 8.10. The molecule has 0 aliphatic heterocycles. The molecule has 4 rings (SSSR count). The van der Waals surface area contributed by atoms with E-state index in [0.29, 0.717) is 11.3 Å². The zero-order chi connectivity index (χ0) is 25.4. The van der Waals surface area contributed by atoms with Crippen LogP contribution in [0.5, 0.6) is 28.7 Å². The second kappa shape index (κ2) is 11.5. The van der Waals surface area contributed by atoms with E-state index in [1.807, 2.05) is 67.6 Å². The van der Waals surface area contributed by atoms with Gasteiger partial charge in [0.1, 0.15) is 28.7 Å². The maximum Gasteiger partial charge on any atom is 0.416 e. The molecule has 182 valence electrons. The molecule has 0 unspecified atom stereocenters. The Morgan fingerprint density at radius 3 is 1.54 bits per heavy atom. The van der Waals surface area contributed by atoms with Crippen LogP contribution in [-0.2, 0) is 6.18 Å². The van der Waals surface area contributed by atoms with Crippen LogP contribution in [0.3, 0.4) is 0 Å². The minimum Gasteiger partial charge on any atom is -0.497 e. The molecule has 4 aromatic carbocycles. The van der Waals surface area contributed by atoms with Crippen molar-refractivity contribution < 1.29 is 27.4 Å². The molecule has 0 radical (unpaired) electrons. The first kappa shape index (κ1) is 25.7. The fourth-order valence-corrected chi connectivity index (χ4v) is 3.12. The van der Waals surface area contributed by atoms with Crippen molar-refractivity contribution in [3.63, 3.8) is 0 Å². The van der Waals surface area contributed by atoms with Gasteiger partial charge >= 0.3 is 6.18 Å². The van der Waals surface area contributed by atoms with Gasteiger partial charge in [-0.25, -0.2) is 0 Å². The Hall–Kier alpha value is -3.93. The number of ether oxygens (including phenoxy) is 3. The first-order valence-corrected chi connectivity index (χ1v) is 10.9. The zero-order valence-electron chi connectivity index (χ0n) is 20.0. The summed E-state index contributed by atoms with van der Waals surface area (Å²) in [6, 6.07) is 26.3. The molecule has 0 atom stereocenters. The van der Waals surface area contributed by atoms with E-state index >= 15 is 0 Å². The van der Waals surface area contributed by atoms with E-state index in [1.54, 1.807) is 32.2 Å². The lowest BCUT2D eigenvalue weighted by Crippen LogP contribution is -2.05. The van der Waals surface area contributed by atoms with E-state index in [-0.39, 0.29) is 5.75 Å². The Balaban J connectivity index is 0.000000198. The number of aryl methyl sites for hydroxylation is 3. The van der Waals surface area contributed by atoms with Crippen LogP contribution in [-0.4, -0.2) is 7.11 Å². The molecule has 0 aliphatic carbocycles. The number of methoxy groups -OCH3 is 1. The van der Waals surface area contributed by atoms with E-state index in [9.17, 15) is 13.2 Å². The molecule has 0 aromatic heterocycles. The van der Waals surface area contributed by atoms with Crippen LogP contribution in [0.25, 0.3) is 0 Å². The zero-order valence-corrected chi connectivity index (χ0v) is 20.0. The number of alkyl halides is 3. The highest BCUT2D eigenvalue weighted by Gasteiger charge is 2.31. The van der Waals surface area contributed by atoms with E-state index < -0.39 is 11.7 Å². The predicted octanol–water partition coefficient (Wildman–Crippen LogP) is 8.91. The molecule has 0 N–H and O–H groups in total. The van der Waals surface area contributed by atoms with Crippen molar-refractivity contribution in [2.24, 2.45) is 0 Å². The predicted molar refractivity (Wildman–Crippen MR) is 132 cm³/mol. The molecular formula is C29H27F3O3. The molecule has 0 heterocycles. The third-order valence-corrected chi connectivity index (χ3v) is 4.93. The topological polar surface area (TPSA) is 27.7 Å². The Morgan fingerprint density at radius 1 is 0.514 bits per heavy atom. The minimum absolute atomic E-state index is 0.191. The van der Waals surface area contributed by atoms with Crippen LogP contribution in [0.2, 0.25) is 0 Å². The number of hydrogen-bond donors (Lipinski definition) is 0. The summed E-state index contributed by atoms with van der Waals surface area (Å²) in [5.74, 6) is 3.12. The second-order valence-electron chi connectivity index (χ2n) is 8.04. The first-order chi connectivity index (χ1) is 16.6. The standard InChI is InChI=1S/C15H13F3O.C14H14O2/c1-10-3-5-13(6-4-10)19-14-8-11(2)7-12(9-14)15(16,17)18;1-11-6-8-12(9-7-11)16-14-5-3-4-13(10-14)15-2/h3-9H,1-2H3;3-10H,1-2H3. The van der Waals surface area contributed by atoms with Crippen molar-refractivity contribution in [1.29, 1.82) is 0 Å². The molecule has 0 amide bonds. The van der Waals surface area contributed by atoms with Crippen LogP contribution in [0.1, 0.15) is 22.3 Å². The fraction of sp³-hybridized carbons (Fsp3) is 0.172. The van der Waals surface area contributed by atoms with Crippen LogP contribution in [0, 0.1) is 20.8 Å². The van der Waals surface area contributed by atoms with Gasteiger partial charge in [-0.3, -0.25) is 0 Å². The highest BCUT2D eigenvalue weighted by molar-refractivity contribution is 5.39. The van der Waals surface area contributed by atoms with Crippen molar-refractivity contribution in [2.75, 3.05) is 7.11 Å². The van der Waals surface area contributed by atoms with Gasteiger partial charge in [0.2, 0.25) is 0 Å². The van der Waals surface area contributed by atoms with Gasteiger partial charge in [-0.15, -0.1) is 0 Å². The maximum absolute atomic E-state index is 12.7.